The minimum absolute atomic E-state index is 0.195. The number of hydrogen-bond donors (Lipinski definition) is 0. The van der Waals surface area contributed by atoms with Gasteiger partial charge in [-0.3, -0.25) is 9.98 Å². The van der Waals surface area contributed by atoms with E-state index in [2.05, 4.69) is 29.8 Å². The molecule has 5 nitrogen and oxygen atoms in total. The van der Waals surface area contributed by atoms with E-state index in [1.165, 1.54) is 88.5 Å². The summed E-state index contributed by atoms with van der Waals surface area (Å²) in [5, 5.41) is 0. The first-order chi connectivity index (χ1) is 19.3. The van der Waals surface area contributed by atoms with Gasteiger partial charge in [0, 0.05) is 46.5 Å². The number of amidine groups is 2. The van der Waals surface area contributed by atoms with E-state index in [-0.39, 0.29) is 16.6 Å². The number of benzene rings is 1. The van der Waals surface area contributed by atoms with Crippen LogP contribution in [0.15, 0.2) is 50.4 Å². The Kier molecular flexibility index (Phi) is 6.59. The molecule has 7 rings (SSSR count). The molecule has 1 aromatic carbocycles. The van der Waals surface area contributed by atoms with E-state index in [1.807, 2.05) is 0 Å². The lowest BCUT2D eigenvalue weighted by atomic mass is 9.78. The fraction of sp³-hybridized carbons (Fsp3) is 0.647. The summed E-state index contributed by atoms with van der Waals surface area (Å²) in [7, 11) is 0. The van der Waals surface area contributed by atoms with Gasteiger partial charge in [0.2, 0.25) is 0 Å². The van der Waals surface area contributed by atoms with Gasteiger partial charge < -0.3 is 4.90 Å². The van der Waals surface area contributed by atoms with Crippen molar-refractivity contribution in [2.45, 2.75) is 90.9 Å². The minimum atomic E-state index is -0.195. The van der Waals surface area contributed by atoms with Gasteiger partial charge in [0.1, 0.15) is 17.5 Å². The van der Waals surface area contributed by atoms with Gasteiger partial charge in [-0.15, -0.1) is 0 Å². The molecule has 6 heteroatoms. The van der Waals surface area contributed by atoms with Gasteiger partial charge in [-0.25, -0.2) is 14.4 Å². The van der Waals surface area contributed by atoms with Crippen LogP contribution < -0.4 is 4.90 Å². The Bertz CT molecular complexity index is 1320. The average Bonchev–Trinajstić information content (AvgIpc) is 3.35. The SMILES string of the molecule is C=C(C1CCCCC1)N(CC12CCC(C3=NC(C(C)C)=NC3)(CC1)C2)c1cc(F)cc(C2=NC(C3CC3)=NC2)c1. The molecule has 0 spiro atoms. The molecule has 0 unspecified atom stereocenters. The maximum absolute atomic E-state index is 15.3. The van der Waals surface area contributed by atoms with Crippen LogP contribution in [0.4, 0.5) is 10.1 Å². The van der Waals surface area contributed by atoms with E-state index in [0.29, 0.717) is 24.3 Å². The number of allylic oxidation sites excluding steroid dienone is 1. The zero-order valence-corrected chi connectivity index (χ0v) is 24.4. The molecule has 2 bridgehead atoms. The Balaban J connectivity index is 1.18. The summed E-state index contributed by atoms with van der Waals surface area (Å²) in [6, 6.07) is 5.54. The molecule has 2 heterocycles. The summed E-state index contributed by atoms with van der Waals surface area (Å²) in [6.45, 7) is 11.3. The molecule has 4 aliphatic carbocycles. The normalized spacial score (nSPS) is 30.0. The van der Waals surface area contributed by atoms with Gasteiger partial charge in [0.05, 0.1) is 18.8 Å². The second-order valence-electron chi connectivity index (χ2n) is 14.0. The number of hydrogen-bond acceptors (Lipinski definition) is 5. The molecule has 0 atom stereocenters. The van der Waals surface area contributed by atoms with Gasteiger partial charge >= 0.3 is 0 Å². The van der Waals surface area contributed by atoms with Gasteiger partial charge in [-0.2, -0.15) is 0 Å². The predicted octanol–water partition coefficient (Wildman–Crippen LogP) is 7.80. The highest BCUT2D eigenvalue weighted by Gasteiger charge is 2.57. The van der Waals surface area contributed by atoms with Crippen LogP contribution in [0.1, 0.15) is 96.5 Å². The number of anilines is 1. The molecular formula is C34H44FN5. The Morgan fingerprint density at radius 1 is 0.975 bits per heavy atom. The van der Waals surface area contributed by atoms with Crippen LogP contribution in [0, 0.1) is 34.4 Å². The monoisotopic (exact) mass is 541 g/mol. The van der Waals surface area contributed by atoms with Crippen LogP contribution in [0.2, 0.25) is 0 Å². The van der Waals surface area contributed by atoms with Crippen molar-refractivity contribution < 1.29 is 4.39 Å². The first-order valence-corrected chi connectivity index (χ1v) is 15.8. The summed E-state index contributed by atoms with van der Waals surface area (Å²) in [5.41, 5.74) is 5.63. The number of fused-ring (bicyclic) bond motifs is 2. The van der Waals surface area contributed by atoms with Crippen molar-refractivity contribution in [3.8, 4) is 0 Å². The van der Waals surface area contributed by atoms with Crippen molar-refractivity contribution in [2.24, 2.45) is 48.6 Å². The molecule has 0 aromatic heterocycles. The van der Waals surface area contributed by atoms with Crippen molar-refractivity contribution >= 4 is 28.8 Å². The van der Waals surface area contributed by atoms with E-state index in [9.17, 15) is 0 Å². The standard InChI is InChI=1S/C34H44FN5/c1-22(2)31-37-19-30(39-31)34-13-11-33(20-34,12-14-34)21-40(23(3)24-7-5-4-6-8-24)28-16-26(15-27(35)17-28)29-18-36-32(38-29)25-9-10-25/h15-17,22,24-25H,3-14,18-21H2,1-2H3. The topological polar surface area (TPSA) is 52.7 Å². The predicted molar refractivity (Wildman–Crippen MR) is 164 cm³/mol. The smallest absolute Gasteiger partial charge is 0.127 e. The second-order valence-corrected chi connectivity index (χ2v) is 14.0. The third-order valence-electron chi connectivity index (χ3n) is 10.8. The van der Waals surface area contributed by atoms with Crippen LogP contribution in [0.3, 0.4) is 0 Å². The Hall–Kier alpha value is -2.63. The van der Waals surface area contributed by atoms with Gasteiger partial charge in [0.25, 0.3) is 0 Å². The molecule has 0 saturated heterocycles. The van der Waals surface area contributed by atoms with E-state index in [4.69, 9.17) is 21.6 Å². The third-order valence-corrected chi connectivity index (χ3v) is 10.8. The molecule has 0 N–H and O–H groups in total. The van der Waals surface area contributed by atoms with Crippen molar-refractivity contribution in [1.29, 1.82) is 0 Å². The number of nitrogens with zero attached hydrogens (tertiary/aromatic N) is 5. The first-order valence-electron chi connectivity index (χ1n) is 15.8. The lowest BCUT2D eigenvalue weighted by molar-refractivity contribution is 0.293. The number of halogens is 1. The molecule has 40 heavy (non-hydrogen) atoms. The van der Waals surface area contributed by atoms with Crippen molar-refractivity contribution in [1.82, 2.24) is 0 Å². The first kappa shape index (κ1) is 26.3. The lowest BCUT2D eigenvalue weighted by Crippen LogP contribution is -2.37. The molecule has 4 saturated carbocycles. The highest BCUT2D eigenvalue weighted by atomic mass is 19.1. The highest BCUT2D eigenvalue weighted by molar-refractivity contribution is 6.13. The van der Waals surface area contributed by atoms with E-state index in [1.54, 1.807) is 12.1 Å². The lowest BCUT2D eigenvalue weighted by Gasteiger charge is -2.40. The third kappa shape index (κ3) is 4.79. The molecule has 0 amide bonds. The molecule has 212 valence electrons. The van der Waals surface area contributed by atoms with E-state index >= 15 is 4.39 Å². The van der Waals surface area contributed by atoms with Crippen LogP contribution in [0.5, 0.6) is 0 Å². The fourth-order valence-electron chi connectivity index (χ4n) is 8.23. The van der Waals surface area contributed by atoms with Gasteiger partial charge in [-0.05, 0) is 87.3 Å². The largest absolute Gasteiger partial charge is 0.345 e. The Morgan fingerprint density at radius 3 is 2.45 bits per heavy atom. The molecule has 4 fully saturated rings. The summed E-state index contributed by atoms with van der Waals surface area (Å²) < 4.78 is 15.3. The maximum atomic E-state index is 15.3. The van der Waals surface area contributed by atoms with Crippen LogP contribution >= 0.6 is 0 Å². The summed E-state index contributed by atoms with van der Waals surface area (Å²) in [6.07, 6.45) is 14.5. The maximum Gasteiger partial charge on any atom is 0.127 e. The van der Waals surface area contributed by atoms with Crippen molar-refractivity contribution in [3.63, 3.8) is 0 Å². The summed E-state index contributed by atoms with van der Waals surface area (Å²) in [4.78, 5) is 21.8. The fourth-order valence-corrected chi connectivity index (χ4v) is 8.23. The summed E-state index contributed by atoms with van der Waals surface area (Å²) in [5.74, 6) is 3.17. The van der Waals surface area contributed by atoms with Crippen LogP contribution in [0.25, 0.3) is 0 Å². The molecular weight excluding hydrogens is 497 g/mol. The molecule has 1 aromatic rings. The molecule has 2 aliphatic heterocycles. The Morgan fingerprint density at radius 2 is 1.75 bits per heavy atom. The van der Waals surface area contributed by atoms with E-state index < -0.39 is 0 Å². The van der Waals surface area contributed by atoms with Crippen molar-refractivity contribution in [3.05, 3.63) is 41.9 Å². The quantitative estimate of drug-likeness (QED) is 0.315. The zero-order valence-electron chi connectivity index (χ0n) is 24.4. The van der Waals surface area contributed by atoms with Gasteiger partial charge in [0.15, 0.2) is 0 Å². The second kappa shape index (κ2) is 10.0. The Labute approximate surface area is 238 Å². The minimum Gasteiger partial charge on any atom is -0.345 e. The highest BCUT2D eigenvalue weighted by Crippen LogP contribution is 2.63. The van der Waals surface area contributed by atoms with Crippen LogP contribution in [-0.2, 0) is 0 Å². The average molecular weight is 542 g/mol. The van der Waals surface area contributed by atoms with E-state index in [0.717, 1.165) is 41.7 Å². The number of rotatable bonds is 9. The molecule has 0 radical (unpaired) electrons. The van der Waals surface area contributed by atoms with Gasteiger partial charge in [-0.1, -0.05) is 39.7 Å². The zero-order chi connectivity index (χ0) is 27.5. The molecule has 6 aliphatic rings. The van der Waals surface area contributed by atoms with Crippen LogP contribution in [-0.4, -0.2) is 42.7 Å². The number of aliphatic imine (C=N–C) groups is 4. The van der Waals surface area contributed by atoms with Crippen molar-refractivity contribution in [2.75, 3.05) is 24.5 Å². The summed E-state index contributed by atoms with van der Waals surface area (Å²) >= 11 is 0.